The topological polar surface area (TPSA) is 32.3 Å². The van der Waals surface area contributed by atoms with E-state index in [0.29, 0.717) is 18.7 Å². The third-order valence-electron chi connectivity index (χ3n) is 5.34. The Kier molecular flexibility index (Phi) is 6.82. The minimum atomic E-state index is -0.184. The van der Waals surface area contributed by atoms with Crippen molar-refractivity contribution in [3.8, 4) is 0 Å². The molecule has 0 bridgehead atoms. The number of halogens is 1. The van der Waals surface area contributed by atoms with Gasteiger partial charge in [0, 0.05) is 28.4 Å². The molecule has 154 valence electrons. The van der Waals surface area contributed by atoms with Crippen molar-refractivity contribution in [2.24, 2.45) is 5.92 Å². The monoisotopic (exact) mass is 420 g/mol. The van der Waals surface area contributed by atoms with Crippen LogP contribution in [0.5, 0.6) is 0 Å². The summed E-state index contributed by atoms with van der Waals surface area (Å²) in [5.41, 5.74) is 1.52. The zero-order valence-corrected chi connectivity index (χ0v) is 17.6. The summed E-state index contributed by atoms with van der Waals surface area (Å²) in [4.78, 5) is 17.3. The average molecular weight is 421 g/mol. The third-order valence-corrected chi connectivity index (χ3v) is 6.43. The van der Waals surface area contributed by atoms with Crippen LogP contribution < -0.4 is 5.32 Å². The van der Waals surface area contributed by atoms with E-state index in [9.17, 15) is 9.18 Å². The number of rotatable bonds is 6. The van der Waals surface area contributed by atoms with Gasteiger partial charge in [-0.1, -0.05) is 60.3 Å². The second-order valence-electron chi connectivity index (χ2n) is 7.57. The summed E-state index contributed by atoms with van der Waals surface area (Å²) < 4.78 is 14.0. The fourth-order valence-corrected chi connectivity index (χ4v) is 4.71. The smallest absolute Gasteiger partial charge is 0.228 e. The van der Waals surface area contributed by atoms with Crippen LogP contribution in [0, 0.1) is 11.7 Å². The number of anilines is 1. The Morgan fingerprint density at radius 2 is 1.73 bits per heavy atom. The summed E-state index contributed by atoms with van der Waals surface area (Å²) in [6.07, 6.45) is 1.79. The number of amides is 1. The molecule has 5 heteroatoms. The standard InChI is InChI=1S/C25H25FN2OS/c26-22-13-5-4-9-19(22)17-28-16-8-10-20(18-28)25(29)27-23-14-6-7-15-24(23)30-21-11-2-1-3-12-21/h1-7,9,11-15,20H,8,10,16-18H2,(H,27,29). The number of nitrogens with one attached hydrogen (secondary N) is 1. The molecule has 0 aromatic heterocycles. The largest absolute Gasteiger partial charge is 0.325 e. The molecule has 3 aromatic rings. The molecular weight excluding hydrogens is 395 g/mol. The molecule has 3 nitrogen and oxygen atoms in total. The minimum Gasteiger partial charge on any atom is -0.325 e. The summed E-state index contributed by atoms with van der Waals surface area (Å²) in [5, 5.41) is 3.14. The lowest BCUT2D eigenvalue weighted by molar-refractivity contribution is -0.121. The van der Waals surface area contributed by atoms with Gasteiger partial charge in [0.2, 0.25) is 5.91 Å². The minimum absolute atomic E-state index is 0.0364. The van der Waals surface area contributed by atoms with Crippen LogP contribution in [0.15, 0.2) is 88.7 Å². The van der Waals surface area contributed by atoms with E-state index in [4.69, 9.17) is 0 Å². The van der Waals surface area contributed by atoms with Gasteiger partial charge in [0.1, 0.15) is 5.82 Å². The number of benzene rings is 3. The van der Waals surface area contributed by atoms with Crippen molar-refractivity contribution >= 4 is 23.4 Å². The number of hydrogen-bond acceptors (Lipinski definition) is 3. The van der Waals surface area contributed by atoms with Crippen molar-refractivity contribution in [1.29, 1.82) is 0 Å². The number of nitrogens with zero attached hydrogens (tertiary/aromatic N) is 1. The van der Waals surface area contributed by atoms with Gasteiger partial charge in [-0.05, 0) is 49.7 Å². The molecule has 1 heterocycles. The second kappa shape index (κ2) is 9.92. The van der Waals surface area contributed by atoms with Crippen molar-refractivity contribution < 1.29 is 9.18 Å². The Morgan fingerprint density at radius 1 is 1.00 bits per heavy atom. The van der Waals surface area contributed by atoms with Gasteiger partial charge < -0.3 is 5.32 Å². The molecule has 1 N–H and O–H groups in total. The SMILES string of the molecule is O=C(Nc1ccccc1Sc1ccccc1)C1CCCN(Cc2ccccc2F)C1. The zero-order chi connectivity index (χ0) is 20.8. The van der Waals surface area contributed by atoms with Crippen molar-refractivity contribution in [3.05, 3.63) is 90.2 Å². The highest BCUT2D eigenvalue weighted by molar-refractivity contribution is 7.99. The average Bonchev–Trinajstić information content (AvgIpc) is 2.78. The Labute approximate surface area is 181 Å². The molecule has 1 aliphatic rings. The quantitative estimate of drug-likeness (QED) is 0.545. The van der Waals surface area contributed by atoms with Gasteiger partial charge in [0.05, 0.1) is 11.6 Å². The van der Waals surface area contributed by atoms with E-state index in [1.165, 1.54) is 6.07 Å². The molecule has 1 amide bonds. The molecule has 1 fully saturated rings. The molecule has 0 radical (unpaired) electrons. The summed E-state index contributed by atoms with van der Waals surface area (Å²) in [6.45, 7) is 2.07. The van der Waals surface area contributed by atoms with Gasteiger partial charge in [-0.3, -0.25) is 9.69 Å². The number of para-hydroxylation sites is 1. The Balaban J connectivity index is 1.41. The molecular formula is C25H25FN2OS. The highest BCUT2D eigenvalue weighted by Crippen LogP contribution is 2.33. The third kappa shape index (κ3) is 5.29. The number of piperidine rings is 1. The van der Waals surface area contributed by atoms with Crippen molar-refractivity contribution in [1.82, 2.24) is 4.90 Å². The highest BCUT2D eigenvalue weighted by atomic mass is 32.2. The molecule has 1 unspecified atom stereocenters. The van der Waals surface area contributed by atoms with Gasteiger partial charge in [-0.15, -0.1) is 0 Å². The maximum absolute atomic E-state index is 14.0. The molecule has 30 heavy (non-hydrogen) atoms. The Hall–Kier alpha value is -2.63. The Morgan fingerprint density at radius 3 is 2.57 bits per heavy atom. The van der Waals surface area contributed by atoms with Crippen molar-refractivity contribution in [3.63, 3.8) is 0 Å². The summed E-state index contributed by atoms with van der Waals surface area (Å²) in [5.74, 6) is -0.245. The van der Waals surface area contributed by atoms with Crippen LogP contribution in [0.4, 0.5) is 10.1 Å². The van der Waals surface area contributed by atoms with Crippen molar-refractivity contribution in [2.75, 3.05) is 18.4 Å². The van der Waals surface area contributed by atoms with Crippen LogP contribution in [-0.4, -0.2) is 23.9 Å². The first-order valence-electron chi connectivity index (χ1n) is 10.3. The van der Waals surface area contributed by atoms with E-state index in [2.05, 4.69) is 22.3 Å². The summed E-state index contributed by atoms with van der Waals surface area (Å²) >= 11 is 1.64. The van der Waals surface area contributed by atoms with Crippen LogP contribution in [0.1, 0.15) is 18.4 Å². The van der Waals surface area contributed by atoms with Crippen LogP contribution in [0.25, 0.3) is 0 Å². The van der Waals surface area contributed by atoms with Gasteiger partial charge >= 0.3 is 0 Å². The van der Waals surface area contributed by atoms with Crippen LogP contribution in [0.2, 0.25) is 0 Å². The fourth-order valence-electron chi connectivity index (χ4n) is 3.79. The van der Waals surface area contributed by atoms with Gasteiger partial charge in [-0.25, -0.2) is 4.39 Å². The lowest BCUT2D eigenvalue weighted by Crippen LogP contribution is -2.40. The molecule has 4 rings (SSSR count). The first-order valence-corrected chi connectivity index (χ1v) is 11.1. The predicted octanol–water partition coefficient (Wildman–Crippen LogP) is 5.83. The van der Waals surface area contributed by atoms with Gasteiger partial charge in [0.15, 0.2) is 0 Å². The van der Waals surface area contributed by atoms with Crippen LogP contribution in [0.3, 0.4) is 0 Å². The summed E-state index contributed by atoms with van der Waals surface area (Å²) in [6, 6.07) is 24.9. The first-order chi connectivity index (χ1) is 14.7. The second-order valence-corrected chi connectivity index (χ2v) is 8.68. The van der Waals surface area contributed by atoms with E-state index in [-0.39, 0.29) is 17.6 Å². The van der Waals surface area contributed by atoms with E-state index >= 15 is 0 Å². The van der Waals surface area contributed by atoms with Crippen LogP contribution >= 0.6 is 11.8 Å². The van der Waals surface area contributed by atoms with Crippen LogP contribution in [-0.2, 0) is 11.3 Å². The first kappa shape index (κ1) is 20.6. The Bertz CT molecular complexity index is 995. The zero-order valence-electron chi connectivity index (χ0n) is 16.8. The van der Waals surface area contributed by atoms with E-state index in [1.807, 2.05) is 54.6 Å². The van der Waals surface area contributed by atoms with Gasteiger partial charge in [-0.2, -0.15) is 0 Å². The predicted molar refractivity (Wildman–Crippen MR) is 120 cm³/mol. The summed E-state index contributed by atoms with van der Waals surface area (Å²) in [7, 11) is 0. The van der Waals surface area contributed by atoms with E-state index in [1.54, 1.807) is 17.8 Å². The number of carbonyl (C=O) groups excluding carboxylic acids is 1. The molecule has 3 aromatic carbocycles. The van der Waals surface area contributed by atoms with E-state index in [0.717, 1.165) is 34.9 Å². The maximum atomic E-state index is 14.0. The lowest BCUT2D eigenvalue weighted by Gasteiger charge is -2.32. The molecule has 1 atom stereocenters. The van der Waals surface area contributed by atoms with Gasteiger partial charge in [0.25, 0.3) is 0 Å². The molecule has 1 saturated heterocycles. The maximum Gasteiger partial charge on any atom is 0.228 e. The van der Waals surface area contributed by atoms with E-state index < -0.39 is 0 Å². The lowest BCUT2D eigenvalue weighted by atomic mass is 9.96. The number of hydrogen-bond donors (Lipinski definition) is 1. The molecule has 0 saturated carbocycles. The highest BCUT2D eigenvalue weighted by Gasteiger charge is 2.26. The number of likely N-dealkylation sites (tertiary alicyclic amines) is 1. The normalized spacial score (nSPS) is 16.9. The molecule has 0 spiro atoms. The van der Waals surface area contributed by atoms with Crippen molar-refractivity contribution in [2.45, 2.75) is 29.2 Å². The fraction of sp³-hybridized carbons (Fsp3) is 0.240. The molecule has 1 aliphatic heterocycles. The molecule has 0 aliphatic carbocycles. The number of carbonyl (C=O) groups is 1.